The smallest absolute Gasteiger partial charge is 0.112 e. The van der Waals surface area contributed by atoms with Crippen LogP contribution in [0.25, 0.3) is 11.3 Å². The zero-order valence-electron chi connectivity index (χ0n) is 10.9. The van der Waals surface area contributed by atoms with Crippen LogP contribution in [0.15, 0.2) is 17.5 Å². The molecule has 0 bridgehead atoms. The Kier molecular flexibility index (Phi) is 3.80. The molecule has 18 heavy (non-hydrogen) atoms. The van der Waals surface area contributed by atoms with Gasteiger partial charge in [0, 0.05) is 10.9 Å². The number of aliphatic hydroxyl groups is 1. The number of hydrogen-bond acceptors (Lipinski definition) is 4. The van der Waals surface area contributed by atoms with Crippen molar-refractivity contribution in [2.45, 2.75) is 26.8 Å². The quantitative estimate of drug-likeness (QED) is 0.894. The Morgan fingerprint density at radius 3 is 2.67 bits per heavy atom. The number of nitrogens with two attached hydrogens (primary N) is 1. The van der Waals surface area contributed by atoms with E-state index in [1.54, 1.807) is 0 Å². The van der Waals surface area contributed by atoms with Gasteiger partial charge >= 0.3 is 0 Å². The van der Waals surface area contributed by atoms with E-state index < -0.39 is 0 Å². The molecule has 0 fully saturated rings. The summed E-state index contributed by atoms with van der Waals surface area (Å²) in [4.78, 5) is 4.52. The standard InChI is InChI=1S/C14H18N2OS/c1-8-4-5-11(10(3)9(8)2)13-7-18-14(16-13)12(15)6-17/h4-5,7,12,17H,6,15H2,1-3H3. The lowest BCUT2D eigenvalue weighted by Crippen LogP contribution is -2.13. The van der Waals surface area contributed by atoms with Gasteiger partial charge in [0.2, 0.25) is 0 Å². The SMILES string of the molecule is Cc1ccc(-c2csc(C(N)CO)n2)c(C)c1C. The van der Waals surface area contributed by atoms with Crippen LogP contribution in [0.2, 0.25) is 0 Å². The van der Waals surface area contributed by atoms with Crippen LogP contribution in [-0.2, 0) is 0 Å². The number of nitrogens with zero attached hydrogens (tertiary/aromatic N) is 1. The lowest BCUT2D eigenvalue weighted by Gasteiger charge is -2.09. The van der Waals surface area contributed by atoms with Crippen molar-refractivity contribution >= 4 is 11.3 Å². The second-order valence-corrected chi connectivity index (χ2v) is 5.43. The Balaban J connectivity index is 2.43. The Morgan fingerprint density at radius 2 is 2.00 bits per heavy atom. The summed E-state index contributed by atoms with van der Waals surface area (Å²) < 4.78 is 0. The lowest BCUT2D eigenvalue weighted by molar-refractivity contribution is 0.268. The lowest BCUT2D eigenvalue weighted by atomic mass is 9.97. The second-order valence-electron chi connectivity index (χ2n) is 4.54. The molecule has 1 atom stereocenters. The van der Waals surface area contributed by atoms with Crippen LogP contribution >= 0.6 is 11.3 Å². The molecule has 0 saturated carbocycles. The van der Waals surface area contributed by atoms with Crippen molar-refractivity contribution in [1.29, 1.82) is 0 Å². The third kappa shape index (κ3) is 2.32. The summed E-state index contributed by atoms with van der Waals surface area (Å²) in [6.45, 7) is 6.28. The summed E-state index contributed by atoms with van der Waals surface area (Å²) in [7, 11) is 0. The maximum atomic E-state index is 9.04. The van der Waals surface area contributed by atoms with E-state index in [1.165, 1.54) is 28.0 Å². The number of rotatable bonds is 3. The minimum Gasteiger partial charge on any atom is -0.394 e. The maximum absolute atomic E-state index is 9.04. The molecule has 0 saturated heterocycles. The van der Waals surface area contributed by atoms with Gasteiger partial charge in [-0.15, -0.1) is 11.3 Å². The van der Waals surface area contributed by atoms with E-state index in [-0.39, 0.29) is 12.6 Å². The van der Waals surface area contributed by atoms with Crippen molar-refractivity contribution in [3.05, 3.63) is 39.2 Å². The first-order valence-corrected chi connectivity index (χ1v) is 6.81. The monoisotopic (exact) mass is 262 g/mol. The van der Waals surface area contributed by atoms with Crippen LogP contribution < -0.4 is 5.73 Å². The number of thiazole rings is 1. The van der Waals surface area contributed by atoms with Gasteiger partial charge in [0.25, 0.3) is 0 Å². The number of hydrogen-bond donors (Lipinski definition) is 2. The Bertz CT molecular complexity index is 563. The molecule has 1 unspecified atom stereocenters. The Hall–Kier alpha value is -1.23. The minimum absolute atomic E-state index is 0.0706. The van der Waals surface area contributed by atoms with Gasteiger partial charge in [-0.05, 0) is 37.5 Å². The number of aryl methyl sites for hydroxylation is 1. The highest BCUT2D eigenvalue weighted by Crippen LogP contribution is 2.29. The molecule has 1 heterocycles. The van der Waals surface area contributed by atoms with Crippen molar-refractivity contribution in [1.82, 2.24) is 4.98 Å². The van der Waals surface area contributed by atoms with Crippen molar-refractivity contribution in [2.75, 3.05) is 6.61 Å². The van der Waals surface area contributed by atoms with Gasteiger partial charge in [0.1, 0.15) is 5.01 Å². The molecule has 2 rings (SSSR count). The predicted octanol–water partition coefficient (Wildman–Crippen LogP) is 2.73. The largest absolute Gasteiger partial charge is 0.394 e. The summed E-state index contributed by atoms with van der Waals surface area (Å²) in [6.07, 6.45) is 0. The fraction of sp³-hybridized carbons (Fsp3) is 0.357. The molecule has 4 heteroatoms. The minimum atomic E-state index is -0.379. The molecular weight excluding hydrogens is 244 g/mol. The normalized spacial score (nSPS) is 12.7. The number of aliphatic hydroxyl groups excluding tert-OH is 1. The second kappa shape index (κ2) is 5.18. The average molecular weight is 262 g/mol. The van der Waals surface area contributed by atoms with Crippen LogP contribution in [0.1, 0.15) is 27.7 Å². The summed E-state index contributed by atoms with van der Waals surface area (Å²) in [5.74, 6) is 0. The van der Waals surface area contributed by atoms with E-state index in [0.717, 1.165) is 16.3 Å². The summed E-state index contributed by atoms with van der Waals surface area (Å²) in [6, 6.07) is 3.83. The first-order chi connectivity index (χ1) is 8.54. The molecule has 1 aromatic carbocycles. The highest BCUT2D eigenvalue weighted by Gasteiger charge is 2.13. The fourth-order valence-electron chi connectivity index (χ4n) is 1.89. The molecule has 0 radical (unpaired) electrons. The van der Waals surface area contributed by atoms with E-state index in [9.17, 15) is 0 Å². The highest BCUT2D eigenvalue weighted by atomic mass is 32.1. The molecule has 0 aliphatic carbocycles. The zero-order chi connectivity index (χ0) is 13.3. The predicted molar refractivity (Wildman–Crippen MR) is 75.8 cm³/mol. The highest BCUT2D eigenvalue weighted by molar-refractivity contribution is 7.10. The molecule has 0 spiro atoms. The van der Waals surface area contributed by atoms with Crippen LogP contribution in [0.5, 0.6) is 0 Å². The van der Waals surface area contributed by atoms with Gasteiger partial charge in [-0.25, -0.2) is 4.98 Å². The van der Waals surface area contributed by atoms with Crippen molar-refractivity contribution in [2.24, 2.45) is 5.73 Å². The van der Waals surface area contributed by atoms with Gasteiger partial charge in [-0.1, -0.05) is 12.1 Å². The molecule has 0 aliphatic heterocycles. The third-order valence-corrected chi connectivity index (χ3v) is 4.35. The zero-order valence-corrected chi connectivity index (χ0v) is 11.7. The van der Waals surface area contributed by atoms with Crippen molar-refractivity contribution < 1.29 is 5.11 Å². The molecular formula is C14H18N2OS. The molecule has 0 aliphatic rings. The molecule has 96 valence electrons. The average Bonchev–Trinajstić information content (AvgIpc) is 2.84. The summed E-state index contributed by atoms with van der Waals surface area (Å²) >= 11 is 1.50. The van der Waals surface area contributed by atoms with Crippen LogP contribution in [0.3, 0.4) is 0 Å². The number of aromatic nitrogens is 1. The van der Waals surface area contributed by atoms with E-state index in [0.29, 0.717) is 0 Å². The number of benzene rings is 1. The van der Waals surface area contributed by atoms with Gasteiger partial charge in [-0.2, -0.15) is 0 Å². The van der Waals surface area contributed by atoms with Gasteiger partial charge in [-0.3, -0.25) is 0 Å². The molecule has 3 nitrogen and oxygen atoms in total. The summed E-state index contributed by atoms with van der Waals surface area (Å²) in [5, 5.41) is 11.8. The first kappa shape index (κ1) is 13.2. The topological polar surface area (TPSA) is 59.1 Å². The first-order valence-electron chi connectivity index (χ1n) is 5.93. The molecule has 3 N–H and O–H groups in total. The Labute approximate surface area is 111 Å². The van der Waals surface area contributed by atoms with Crippen LogP contribution in [0, 0.1) is 20.8 Å². The third-order valence-electron chi connectivity index (χ3n) is 3.37. The molecule has 1 aromatic heterocycles. The summed E-state index contributed by atoms with van der Waals surface area (Å²) in [5.41, 5.74) is 11.7. The molecule has 2 aromatic rings. The van der Waals surface area contributed by atoms with Gasteiger partial charge in [0.05, 0.1) is 18.3 Å². The van der Waals surface area contributed by atoms with E-state index in [1.807, 2.05) is 5.38 Å². The van der Waals surface area contributed by atoms with Gasteiger partial charge in [0.15, 0.2) is 0 Å². The molecule has 0 amide bonds. The van der Waals surface area contributed by atoms with E-state index in [4.69, 9.17) is 10.8 Å². The van der Waals surface area contributed by atoms with Crippen molar-refractivity contribution in [3.8, 4) is 11.3 Å². The van der Waals surface area contributed by atoms with Crippen LogP contribution in [-0.4, -0.2) is 16.7 Å². The Morgan fingerprint density at radius 1 is 1.28 bits per heavy atom. The fourth-order valence-corrected chi connectivity index (χ4v) is 2.71. The van der Waals surface area contributed by atoms with E-state index >= 15 is 0 Å². The van der Waals surface area contributed by atoms with Crippen LogP contribution in [0.4, 0.5) is 0 Å². The maximum Gasteiger partial charge on any atom is 0.112 e. The van der Waals surface area contributed by atoms with Crippen molar-refractivity contribution in [3.63, 3.8) is 0 Å². The van der Waals surface area contributed by atoms with E-state index in [2.05, 4.69) is 37.9 Å². The van der Waals surface area contributed by atoms with Gasteiger partial charge < -0.3 is 10.8 Å².